The number of aliphatic hydroxyl groups is 1. The van der Waals surface area contributed by atoms with E-state index in [4.69, 9.17) is 0 Å². The molecule has 4 aliphatic heterocycles. The van der Waals surface area contributed by atoms with Gasteiger partial charge in [-0.25, -0.2) is 0 Å². The van der Waals surface area contributed by atoms with Gasteiger partial charge in [0.1, 0.15) is 0 Å². The second-order valence-electron chi connectivity index (χ2n) is 6.23. The summed E-state index contributed by atoms with van der Waals surface area (Å²) in [7, 11) is 0. The van der Waals surface area contributed by atoms with Crippen LogP contribution in [0.3, 0.4) is 0 Å². The van der Waals surface area contributed by atoms with Gasteiger partial charge in [-0.1, -0.05) is 0 Å². The van der Waals surface area contributed by atoms with Crippen LogP contribution in [0.4, 0.5) is 0 Å². The van der Waals surface area contributed by atoms with Gasteiger partial charge in [0.2, 0.25) is 0 Å². The van der Waals surface area contributed by atoms with E-state index in [0.717, 1.165) is 39.8 Å². The average Bonchev–Trinajstić information content (AvgIpc) is 3.30. The maximum atomic E-state index is 13.3. The minimum absolute atomic E-state index is 0.0839. The predicted octanol–water partition coefficient (Wildman–Crippen LogP) is 4.90. The SMILES string of the molecule is O=C1C2=C3c4cc(Br)sc4C=CN3C(O)C2=C2c3cc(Br)sc3C=CN12. The molecule has 2 aromatic rings. The summed E-state index contributed by atoms with van der Waals surface area (Å²) in [5, 5.41) is 11.1. The van der Waals surface area contributed by atoms with Crippen molar-refractivity contribution in [1.82, 2.24) is 9.80 Å². The Morgan fingerprint density at radius 2 is 1.58 bits per heavy atom. The van der Waals surface area contributed by atoms with Crippen molar-refractivity contribution in [3.05, 3.63) is 64.1 Å². The highest BCUT2D eigenvalue weighted by molar-refractivity contribution is 9.11. The molecular formula is C18H8Br2N2O2S2. The molecule has 6 rings (SSSR count). The zero-order valence-corrected chi connectivity index (χ0v) is 17.7. The molecule has 8 heteroatoms. The second-order valence-corrected chi connectivity index (χ2v) is 11.2. The molecule has 1 N–H and O–H groups in total. The summed E-state index contributed by atoms with van der Waals surface area (Å²) in [5.41, 5.74) is 4.85. The van der Waals surface area contributed by atoms with Crippen LogP contribution in [0.15, 0.2) is 43.3 Å². The van der Waals surface area contributed by atoms with Crippen LogP contribution in [0.1, 0.15) is 20.9 Å². The lowest BCUT2D eigenvalue weighted by atomic mass is 10.0. The van der Waals surface area contributed by atoms with Crippen molar-refractivity contribution in [2.45, 2.75) is 6.23 Å². The van der Waals surface area contributed by atoms with Crippen LogP contribution >= 0.6 is 54.5 Å². The molecule has 2 aromatic heterocycles. The first-order chi connectivity index (χ1) is 12.5. The van der Waals surface area contributed by atoms with Gasteiger partial charge in [-0.2, -0.15) is 0 Å². The summed E-state index contributed by atoms with van der Waals surface area (Å²) in [6.07, 6.45) is 6.74. The lowest BCUT2D eigenvalue weighted by Gasteiger charge is -2.28. The fourth-order valence-electron chi connectivity index (χ4n) is 3.96. The Balaban J connectivity index is 1.69. The van der Waals surface area contributed by atoms with Crippen LogP contribution in [0.5, 0.6) is 0 Å². The Morgan fingerprint density at radius 1 is 0.962 bits per heavy atom. The lowest BCUT2D eigenvalue weighted by molar-refractivity contribution is -0.121. The van der Waals surface area contributed by atoms with Gasteiger partial charge < -0.3 is 10.0 Å². The summed E-state index contributed by atoms with van der Waals surface area (Å²) in [4.78, 5) is 18.9. The fraction of sp³-hybridized carbons (Fsp3) is 0.0556. The molecule has 0 aliphatic carbocycles. The highest BCUT2D eigenvalue weighted by Gasteiger charge is 2.49. The number of hydrogen-bond acceptors (Lipinski definition) is 5. The van der Waals surface area contributed by atoms with Crippen LogP contribution in [-0.2, 0) is 4.79 Å². The Morgan fingerprint density at radius 3 is 2.27 bits per heavy atom. The van der Waals surface area contributed by atoms with E-state index in [1.54, 1.807) is 32.5 Å². The Kier molecular flexibility index (Phi) is 3.05. The quantitative estimate of drug-likeness (QED) is 0.551. The molecule has 0 aromatic carbocycles. The van der Waals surface area contributed by atoms with E-state index < -0.39 is 6.23 Å². The zero-order chi connectivity index (χ0) is 17.7. The first-order valence-corrected chi connectivity index (χ1v) is 11.0. The molecule has 128 valence electrons. The number of carbonyl (C=O) groups is 1. The number of fused-ring (bicyclic) bond motifs is 7. The van der Waals surface area contributed by atoms with Gasteiger partial charge in [-0.15, -0.1) is 22.7 Å². The number of amides is 1. The molecule has 4 aliphatic rings. The van der Waals surface area contributed by atoms with E-state index in [9.17, 15) is 9.90 Å². The molecule has 0 bridgehead atoms. The Bertz CT molecular complexity index is 1170. The number of hydrogen-bond donors (Lipinski definition) is 1. The topological polar surface area (TPSA) is 43.8 Å². The Hall–Kier alpha value is -1.45. The monoisotopic (exact) mass is 506 g/mol. The normalized spacial score (nSPS) is 22.1. The molecule has 1 atom stereocenters. The van der Waals surface area contributed by atoms with E-state index in [1.807, 2.05) is 36.7 Å². The largest absolute Gasteiger partial charge is 0.369 e. The highest BCUT2D eigenvalue weighted by atomic mass is 79.9. The molecule has 0 fully saturated rings. The maximum absolute atomic E-state index is 13.3. The van der Waals surface area contributed by atoms with Gasteiger partial charge >= 0.3 is 0 Å². The summed E-state index contributed by atoms with van der Waals surface area (Å²) >= 11 is 10.3. The van der Waals surface area contributed by atoms with Gasteiger partial charge in [0, 0.05) is 38.9 Å². The van der Waals surface area contributed by atoms with Gasteiger partial charge in [0.25, 0.3) is 5.91 Å². The fourth-order valence-corrected chi connectivity index (χ4v) is 7.03. The minimum Gasteiger partial charge on any atom is -0.369 e. The molecule has 6 heterocycles. The second kappa shape index (κ2) is 5.08. The minimum atomic E-state index is -0.870. The van der Waals surface area contributed by atoms with E-state index in [2.05, 4.69) is 31.9 Å². The van der Waals surface area contributed by atoms with Crippen molar-refractivity contribution < 1.29 is 9.90 Å². The first kappa shape index (κ1) is 15.6. The van der Waals surface area contributed by atoms with E-state index in [0.29, 0.717) is 11.1 Å². The zero-order valence-electron chi connectivity index (χ0n) is 12.9. The van der Waals surface area contributed by atoms with Crippen LogP contribution in [0, 0.1) is 0 Å². The predicted molar refractivity (Wildman–Crippen MR) is 111 cm³/mol. The number of rotatable bonds is 0. The molecule has 0 spiro atoms. The number of nitrogens with zero attached hydrogens (tertiary/aromatic N) is 2. The lowest BCUT2D eigenvalue weighted by Crippen LogP contribution is -2.29. The third-order valence-electron chi connectivity index (χ3n) is 4.95. The van der Waals surface area contributed by atoms with Crippen LogP contribution < -0.4 is 0 Å². The number of aliphatic hydroxyl groups excluding tert-OH is 1. The van der Waals surface area contributed by atoms with Crippen LogP contribution in [0.2, 0.25) is 0 Å². The molecule has 0 saturated carbocycles. The third kappa shape index (κ3) is 1.79. The van der Waals surface area contributed by atoms with Crippen molar-refractivity contribution in [3.63, 3.8) is 0 Å². The van der Waals surface area contributed by atoms with Crippen LogP contribution in [-0.4, -0.2) is 27.0 Å². The molecular weight excluding hydrogens is 500 g/mol. The average molecular weight is 508 g/mol. The maximum Gasteiger partial charge on any atom is 0.265 e. The number of carbonyl (C=O) groups excluding carboxylic acids is 1. The molecule has 0 radical (unpaired) electrons. The van der Waals surface area contributed by atoms with E-state index >= 15 is 0 Å². The van der Waals surface area contributed by atoms with Gasteiger partial charge in [0.15, 0.2) is 6.23 Å². The molecule has 26 heavy (non-hydrogen) atoms. The molecule has 1 amide bonds. The van der Waals surface area contributed by atoms with Gasteiger partial charge in [0.05, 0.1) is 24.5 Å². The summed E-state index contributed by atoms with van der Waals surface area (Å²) in [6.45, 7) is 0. The highest BCUT2D eigenvalue weighted by Crippen LogP contribution is 2.54. The summed E-state index contributed by atoms with van der Waals surface area (Å²) in [5.74, 6) is -0.0839. The van der Waals surface area contributed by atoms with Crippen molar-refractivity contribution in [2.75, 3.05) is 0 Å². The van der Waals surface area contributed by atoms with Gasteiger partial charge in [-0.3, -0.25) is 9.69 Å². The molecule has 1 unspecified atom stereocenters. The Labute approximate surface area is 173 Å². The first-order valence-electron chi connectivity index (χ1n) is 7.79. The van der Waals surface area contributed by atoms with Crippen molar-refractivity contribution in [2.24, 2.45) is 0 Å². The van der Waals surface area contributed by atoms with E-state index in [1.165, 1.54) is 0 Å². The smallest absolute Gasteiger partial charge is 0.265 e. The summed E-state index contributed by atoms with van der Waals surface area (Å²) in [6, 6.07) is 4.04. The van der Waals surface area contributed by atoms with Crippen LogP contribution in [0.25, 0.3) is 23.5 Å². The molecule has 4 nitrogen and oxygen atoms in total. The molecule has 0 saturated heterocycles. The number of halogens is 2. The van der Waals surface area contributed by atoms with Gasteiger partial charge in [-0.05, 0) is 56.1 Å². The third-order valence-corrected chi connectivity index (χ3v) is 8.15. The summed E-state index contributed by atoms with van der Waals surface area (Å²) < 4.78 is 2.01. The standard InChI is InChI=1S/C18H8Br2N2O2S2/c19-11-5-7-9(25-11)1-3-21-15(7)13-14(17(21)23)16-8-6-12(20)26-10(8)2-4-22(16)18(13)24/h1-6,17,23H. The van der Waals surface area contributed by atoms with Crippen molar-refractivity contribution in [3.8, 4) is 0 Å². The van der Waals surface area contributed by atoms with Crippen molar-refractivity contribution >= 4 is 84.0 Å². The van der Waals surface area contributed by atoms with Crippen molar-refractivity contribution in [1.29, 1.82) is 0 Å². The van der Waals surface area contributed by atoms with E-state index in [-0.39, 0.29) is 5.91 Å². The number of thiophene rings is 2.